The molecule has 1 unspecified atom stereocenters. The van der Waals surface area contributed by atoms with E-state index in [1.165, 1.54) is 41.7 Å². The average molecular weight is 408 g/mol. The van der Waals surface area contributed by atoms with Crippen molar-refractivity contribution in [3.05, 3.63) is 37.2 Å². The van der Waals surface area contributed by atoms with Gasteiger partial charge >= 0.3 is 7.52 Å². The molecule has 4 heterocycles. The number of nitrogen functional groups attached to an aromatic ring is 2. The molecule has 0 saturated carbocycles. The first kappa shape index (κ1) is 18.7. The summed E-state index contributed by atoms with van der Waals surface area (Å²) in [5.41, 5.74) is 12.4. The average Bonchev–Trinajstić information content (AvgIpc) is 3.19. The molecule has 148 valence electrons. The highest BCUT2D eigenvalue weighted by atomic mass is 31.2. The van der Waals surface area contributed by atoms with E-state index < -0.39 is 38.2 Å². The minimum absolute atomic E-state index is 0.160. The van der Waals surface area contributed by atoms with Gasteiger partial charge in [0.2, 0.25) is 0 Å². The van der Waals surface area contributed by atoms with Gasteiger partial charge in [0, 0.05) is 17.8 Å². The Morgan fingerprint density at radius 3 is 2.61 bits per heavy atom. The van der Waals surface area contributed by atoms with Crippen molar-refractivity contribution in [2.45, 2.75) is 24.5 Å². The molecule has 0 amide bonds. The summed E-state index contributed by atoms with van der Waals surface area (Å²) in [5.74, 6) is 0.160. The first-order chi connectivity index (χ1) is 13.3. The first-order valence-electron chi connectivity index (χ1n) is 8.32. The van der Waals surface area contributed by atoms with Gasteiger partial charge in [-0.1, -0.05) is 0 Å². The number of nitrogens with two attached hydrogens (primary N) is 2. The molecule has 1 aliphatic heterocycles. The maximum absolute atomic E-state index is 12.7. The van der Waals surface area contributed by atoms with Crippen LogP contribution in [0.25, 0.3) is 11.2 Å². The zero-order valence-corrected chi connectivity index (χ0v) is 15.4. The molecular weight excluding hydrogens is 389 g/mol. The molecule has 0 radical (unpaired) electrons. The Morgan fingerprint density at radius 2 is 1.89 bits per heavy atom. The van der Waals surface area contributed by atoms with Crippen LogP contribution in [0, 0.1) is 0 Å². The Labute approximate surface area is 158 Å². The number of nitrogens with zero attached hydrogens (tertiary/aromatic N) is 5. The lowest BCUT2D eigenvalue weighted by molar-refractivity contribution is -0.529. The molecule has 1 saturated heterocycles. The second-order valence-electron chi connectivity index (χ2n) is 6.49. The molecule has 3 aromatic rings. The van der Waals surface area contributed by atoms with Crippen LogP contribution in [0.15, 0.2) is 37.2 Å². The van der Waals surface area contributed by atoms with E-state index in [4.69, 9.17) is 16.2 Å². The molecule has 1 fully saturated rings. The highest BCUT2D eigenvalue weighted by molar-refractivity contribution is 7.50. The predicted octanol–water partition coefficient (Wildman–Crippen LogP) is -1.37. The summed E-state index contributed by atoms with van der Waals surface area (Å²) in [5, 5.41) is 20.8. The Hall–Kier alpha value is -2.63. The standard InChI is InChI=1S/C15H18N7O5P/c16-8-1-3-21(4-2-8)28(25,26)5-9-11(23)12(24)15(27-9)22-7-20-10-13(17)18-6-19-14(10)22/h1-4,6-7,9,11-12,15-16,23-24H,5H2,(H3,17,18,19,25,26)/p+1/t9-,11-,12-,15-/m1/s1. The van der Waals surface area contributed by atoms with E-state index in [0.29, 0.717) is 16.9 Å². The second-order valence-corrected chi connectivity index (χ2v) is 8.64. The van der Waals surface area contributed by atoms with Crippen molar-refractivity contribution in [2.75, 3.05) is 17.6 Å². The first-order valence-corrected chi connectivity index (χ1v) is 10.1. The summed E-state index contributed by atoms with van der Waals surface area (Å²) in [7, 11) is -3.94. The number of aromatic nitrogens is 5. The molecule has 13 heteroatoms. The molecule has 7 N–H and O–H groups in total. The van der Waals surface area contributed by atoms with Crippen LogP contribution in [0.2, 0.25) is 0 Å². The minimum atomic E-state index is -3.94. The van der Waals surface area contributed by atoms with Crippen molar-refractivity contribution < 1.29 is 28.7 Å². The molecule has 1 aliphatic rings. The van der Waals surface area contributed by atoms with E-state index in [1.807, 2.05) is 0 Å². The van der Waals surface area contributed by atoms with Gasteiger partial charge in [0.25, 0.3) is 0 Å². The lowest BCUT2D eigenvalue weighted by Gasteiger charge is -2.16. The maximum atomic E-state index is 12.7. The van der Waals surface area contributed by atoms with Gasteiger partial charge in [-0.05, 0) is 0 Å². The van der Waals surface area contributed by atoms with Crippen molar-refractivity contribution in [2.24, 2.45) is 0 Å². The summed E-state index contributed by atoms with van der Waals surface area (Å²) >= 11 is 0. The molecule has 3 aromatic heterocycles. The van der Waals surface area contributed by atoms with E-state index in [2.05, 4.69) is 15.0 Å². The van der Waals surface area contributed by atoms with Gasteiger partial charge in [-0.25, -0.2) is 19.5 Å². The summed E-state index contributed by atoms with van der Waals surface area (Å²) < 4.78 is 21.0. The number of aliphatic hydroxyl groups is 2. The summed E-state index contributed by atoms with van der Waals surface area (Å²) in [4.78, 5) is 22.4. The van der Waals surface area contributed by atoms with Gasteiger partial charge in [-0.3, -0.25) is 9.46 Å². The van der Waals surface area contributed by atoms with Crippen molar-refractivity contribution in [3.63, 3.8) is 0 Å². The van der Waals surface area contributed by atoms with Crippen molar-refractivity contribution in [3.8, 4) is 0 Å². The fraction of sp³-hybridized carbons (Fsp3) is 0.333. The van der Waals surface area contributed by atoms with Crippen molar-refractivity contribution >= 4 is 30.2 Å². The summed E-state index contributed by atoms with van der Waals surface area (Å²) in [6.07, 6.45) is -0.000616. The number of aliphatic hydroxyl groups excluding tert-OH is 2. The van der Waals surface area contributed by atoms with Crippen molar-refractivity contribution in [1.82, 2.24) is 19.5 Å². The quantitative estimate of drug-likeness (QED) is 0.322. The lowest BCUT2D eigenvalue weighted by atomic mass is 10.1. The topological polar surface area (TPSA) is 187 Å². The lowest BCUT2D eigenvalue weighted by Crippen LogP contribution is -2.38. The molecule has 12 nitrogen and oxygen atoms in total. The third kappa shape index (κ3) is 3.11. The number of hydrogen-bond donors (Lipinski definition) is 5. The largest absolute Gasteiger partial charge is 0.458 e. The van der Waals surface area contributed by atoms with Crippen molar-refractivity contribution in [1.29, 1.82) is 0 Å². The smallest absolute Gasteiger partial charge is 0.398 e. The number of pyridine rings is 1. The summed E-state index contributed by atoms with van der Waals surface area (Å²) in [6, 6.07) is 2.96. The molecule has 4 rings (SSSR count). The van der Waals surface area contributed by atoms with E-state index in [0.717, 1.165) is 4.34 Å². The Bertz CT molecular complexity index is 1060. The zero-order chi connectivity index (χ0) is 20.1. The third-order valence-corrected chi connectivity index (χ3v) is 6.44. The Kier molecular flexibility index (Phi) is 4.52. The number of rotatable bonds is 4. The molecular formula is C15H19N7O5P+. The highest BCUT2D eigenvalue weighted by Gasteiger charge is 2.49. The molecule has 0 aromatic carbocycles. The van der Waals surface area contributed by atoms with Crippen LogP contribution in [-0.2, 0) is 9.30 Å². The predicted molar refractivity (Wildman–Crippen MR) is 96.8 cm³/mol. The third-order valence-electron chi connectivity index (χ3n) is 4.62. The molecule has 0 bridgehead atoms. The SMILES string of the molecule is Nc1cc[n+](P(=O)(O)C[C@H]2O[C@@H](n3cnc4c(N)ncnc43)[C@H](O)[C@@H]2O)cc1. The maximum Gasteiger partial charge on any atom is 0.458 e. The molecule has 0 spiro atoms. The van der Waals surface area contributed by atoms with Crippen LogP contribution in [0.3, 0.4) is 0 Å². The monoisotopic (exact) mass is 408 g/mol. The molecule has 0 aliphatic carbocycles. The van der Waals surface area contributed by atoms with Crippen LogP contribution in [-0.4, -0.2) is 59.1 Å². The molecule has 5 atom stereocenters. The van der Waals surface area contributed by atoms with Gasteiger partial charge in [-0.2, -0.15) is 0 Å². The Morgan fingerprint density at radius 1 is 1.18 bits per heavy atom. The number of ether oxygens (including phenoxy) is 1. The fourth-order valence-corrected chi connectivity index (χ4v) is 4.64. The van der Waals surface area contributed by atoms with Gasteiger partial charge in [-0.15, -0.1) is 4.34 Å². The van der Waals surface area contributed by atoms with Crippen LogP contribution >= 0.6 is 7.52 Å². The Balaban J connectivity index is 1.60. The second kappa shape index (κ2) is 6.76. The van der Waals surface area contributed by atoms with E-state index >= 15 is 0 Å². The number of anilines is 2. The normalized spacial score (nSPS) is 27.1. The van der Waals surface area contributed by atoms with Crippen LogP contribution < -0.4 is 15.8 Å². The van der Waals surface area contributed by atoms with Gasteiger partial charge in [0.05, 0.1) is 6.33 Å². The zero-order valence-electron chi connectivity index (χ0n) is 14.5. The van der Waals surface area contributed by atoms with E-state index in [1.54, 1.807) is 0 Å². The number of fused-ring (bicyclic) bond motifs is 1. The minimum Gasteiger partial charge on any atom is -0.398 e. The van der Waals surface area contributed by atoms with Crippen LogP contribution in [0.1, 0.15) is 6.23 Å². The number of imidazole rings is 1. The number of hydrogen-bond acceptors (Lipinski definition) is 9. The van der Waals surface area contributed by atoms with E-state index in [9.17, 15) is 19.7 Å². The van der Waals surface area contributed by atoms with Gasteiger partial charge in [0.1, 0.15) is 36.3 Å². The van der Waals surface area contributed by atoms with Gasteiger partial charge in [0.15, 0.2) is 30.1 Å². The molecule has 28 heavy (non-hydrogen) atoms. The van der Waals surface area contributed by atoms with Crippen LogP contribution in [0.5, 0.6) is 0 Å². The van der Waals surface area contributed by atoms with E-state index in [-0.39, 0.29) is 5.82 Å². The van der Waals surface area contributed by atoms with Gasteiger partial charge < -0.3 is 26.4 Å². The summed E-state index contributed by atoms with van der Waals surface area (Å²) in [6.45, 7) is 0. The van der Waals surface area contributed by atoms with Crippen LogP contribution in [0.4, 0.5) is 11.5 Å². The fourth-order valence-electron chi connectivity index (χ4n) is 3.13. The highest BCUT2D eigenvalue weighted by Crippen LogP contribution is 2.41.